The van der Waals surface area contributed by atoms with E-state index in [4.69, 9.17) is 28.8 Å². The molecular formula is C19H18ClF3N4O2. The molecule has 29 heavy (non-hydrogen) atoms. The van der Waals surface area contributed by atoms with Gasteiger partial charge in [-0.05, 0) is 42.5 Å². The lowest BCUT2D eigenvalue weighted by Gasteiger charge is -2.05. The molecule has 0 aliphatic rings. The van der Waals surface area contributed by atoms with Crippen LogP contribution < -0.4 is 17.2 Å². The summed E-state index contributed by atoms with van der Waals surface area (Å²) in [5.41, 5.74) is 16.4. The zero-order valence-corrected chi connectivity index (χ0v) is 15.7. The van der Waals surface area contributed by atoms with Gasteiger partial charge in [-0.3, -0.25) is 10.1 Å². The van der Waals surface area contributed by atoms with Gasteiger partial charge in [0.05, 0.1) is 10.5 Å². The summed E-state index contributed by atoms with van der Waals surface area (Å²) in [5, 5.41) is 10.8. The van der Waals surface area contributed by atoms with E-state index in [1.807, 2.05) is 6.07 Å². The van der Waals surface area contributed by atoms with E-state index >= 15 is 0 Å². The molecule has 154 valence electrons. The van der Waals surface area contributed by atoms with Crippen LogP contribution in [0.15, 0.2) is 72.8 Å². The van der Waals surface area contributed by atoms with Crippen molar-refractivity contribution in [3.63, 3.8) is 0 Å². The summed E-state index contributed by atoms with van der Waals surface area (Å²) < 4.78 is 35.7. The number of hydrogen-bond donors (Lipinski definition) is 3. The first-order valence-corrected chi connectivity index (χ1v) is 8.30. The molecule has 0 amide bonds. The minimum atomic E-state index is -4.30. The lowest BCUT2D eigenvalue weighted by atomic mass is 10.2. The molecule has 0 spiro atoms. The first kappa shape index (κ1) is 23.6. The van der Waals surface area contributed by atoms with Gasteiger partial charge < -0.3 is 17.2 Å². The van der Waals surface area contributed by atoms with Crippen molar-refractivity contribution in [1.29, 1.82) is 0 Å². The van der Waals surface area contributed by atoms with Gasteiger partial charge in [0.15, 0.2) is 0 Å². The van der Waals surface area contributed by atoms with Crippen LogP contribution in [0.2, 0.25) is 5.02 Å². The molecule has 0 aliphatic carbocycles. The second-order valence-electron chi connectivity index (χ2n) is 5.53. The zero-order chi connectivity index (χ0) is 22.0. The van der Waals surface area contributed by atoms with Crippen LogP contribution in [0.25, 0.3) is 0 Å². The van der Waals surface area contributed by atoms with Gasteiger partial charge in [0.1, 0.15) is 0 Å². The highest BCUT2D eigenvalue weighted by Crippen LogP contribution is 2.29. The van der Waals surface area contributed by atoms with Crippen LogP contribution in [0, 0.1) is 10.1 Å². The predicted molar refractivity (Wildman–Crippen MR) is 109 cm³/mol. The number of halogens is 4. The Labute approximate surface area is 169 Å². The summed E-state index contributed by atoms with van der Waals surface area (Å²) in [5.74, 6) is 0. The Morgan fingerprint density at radius 1 is 0.793 bits per heavy atom. The van der Waals surface area contributed by atoms with Crippen molar-refractivity contribution in [2.45, 2.75) is 6.18 Å². The van der Waals surface area contributed by atoms with E-state index in [0.717, 1.165) is 12.1 Å². The number of hydrogen-bond acceptors (Lipinski definition) is 5. The molecule has 0 heterocycles. The highest BCUT2D eigenvalue weighted by atomic mass is 35.5. The van der Waals surface area contributed by atoms with Crippen LogP contribution >= 0.6 is 11.6 Å². The molecule has 0 aromatic heterocycles. The van der Waals surface area contributed by atoms with Gasteiger partial charge in [0.25, 0.3) is 5.69 Å². The molecule has 0 atom stereocenters. The van der Waals surface area contributed by atoms with Crippen LogP contribution in [-0.4, -0.2) is 4.92 Å². The van der Waals surface area contributed by atoms with Gasteiger partial charge in [0, 0.05) is 34.2 Å². The van der Waals surface area contributed by atoms with Crippen LogP contribution in [0.5, 0.6) is 0 Å². The van der Waals surface area contributed by atoms with Crippen molar-refractivity contribution in [3.8, 4) is 0 Å². The summed E-state index contributed by atoms with van der Waals surface area (Å²) in [7, 11) is 0. The standard InChI is InChI=1S/C7H6F3N.C6H6ClN.C6H6N2O2/c8-7(9,10)5-2-1-3-6(11)4-5;7-5-2-1-3-6(8)4-5;7-5-2-1-3-6(4-5)8(9)10/h1-4H,11H2;1-4H,8H2;1-4H,7H2. The number of nitrogen functional groups attached to an aromatic ring is 3. The Kier molecular flexibility index (Phi) is 8.75. The van der Waals surface area contributed by atoms with Gasteiger partial charge in [-0.2, -0.15) is 13.2 Å². The number of benzene rings is 3. The molecule has 3 rings (SSSR count). The summed E-state index contributed by atoms with van der Waals surface area (Å²) >= 11 is 5.56. The van der Waals surface area contributed by atoms with E-state index in [1.165, 1.54) is 24.3 Å². The second kappa shape index (κ2) is 10.8. The maximum atomic E-state index is 11.9. The fourth-order valence-electron chi connectivity index (χ4n) is 1.86. The van der Waals surface area contributed by atoms with Crippen molar-refractivity contribution in [1.82, 2.24) is 0 Å². The number of nitrogens with zero attached hydrogens (tertiary/aromatic N) is 1. The van der Waals surface area contributed by atoms with E-state index in [-0.39, 0.29) is 11.4 Å². The lowest BCUT2D eigenvalue weighted by Crippen LogP contribution is -2.04. The van der Waals surface area contributed by atoms with E-state index < -0.39 is 16.7 Å². The maximum Gasteiger partial charge on any atom is 0.416 e. The minimum absolute atomic E-state index is 0.0278. The van der Waals surface area contributed by atoms with Gasteiger partial charge in [-0.25, -0.2) is 0 Å². The Bertz CT molecular complexity index is 935. The molecule has 10 heteroatoms. The Morgan fingerprint density at radius 2 is 1.28 bits per heavy atom. The molecule has 0 bridgehead atoms. The molecular weight excluding hydrogens is 409 g/mol. The lowest BCUT2D eigenvalue weighted by molar-refractivity contribution is -0.384. The average molecular weight is 427 g/mol. The number of nitrogens with two attached hydrogens (primary N) is 3. The van der Waals surface area contributed by atoms with E-state index in [0.29, 0.717) is 16.4 Å². The molecule has 0 fully saturated rings. The monoisotopic (exact) mass is 426 g/mol. The maximum absolute atomic E-state index is 11.9. The van der Waals surface area contributed by atoms with Crippen LogP contribution in [0.4, 0.5) is 35.9 Å². The van der Waals surface area contributed by atoms with Gasteiger partial charge >= 0.3 is 6.18 Å². The summed E-state index contributed by atoms with van der Waals surface area (Å²) in [6.45, 7) is 0. The number of nitro benzene ring substituents is 1. The first-order chi connectivity index (χ1) is 13.5. The van der Waals surface area contributed by atoms with E-state index in [2.05, 4.69) is 0 Å². The summed E-state index contributed by atoms with van der Waals surface area (Å²) in [6.07, 6.45) is -4.30. The topological polar surface area (TPSA) is 121 Å². The van der Waals surface area contributed by atoms with Gasteiger partial charge in [-0.1, -0.05) is 29.8 Å². The minimum Gasteiger partial charge on any atom is -0.399 e. The third-order valence-electron chi connectivity index (χ3n) is 3.14. The van der Waals surface area contributed by atoms with Crippen molar-refractivity contribution in [2.75, 3.05) is 17.2 Å². The molecule has 0 saturated heterocycles. The third kappa shape index (κ3) is 9.34. The Morgan fingerprint density at radius 3 is 1.59 bits per heavy atom. The number of rotatable bonds is 1. The van der Waals surface area contributed by atoms with E-state index in [1.54, 1.807) is 30.3 Å². The first-order valence-electron chi connectivity index (χ1n) is 7.92. The van der Waals surface area contributed by atoms with Crippen LogP contribution in [0.1, 0.15) is 5.56 Å². The fourth-order valence-corrected chi connectivity index (χ4v) is 2.06. The van der Waals surface area contributed by atoms with Crippen molar-refractivity contribution in [3.05, 3.63) is 93.5 Å². The predicted octanol–water partition coefficient (Wildman–Crippen LogP) is 5.39. The normalized spacial score (nSPS) is 10.1. The van der Waals surface area contributed by atoms with Gasteiger partial charge in [-0.15, -0.1) is 0 Å². The quantitative estimate of drug-likeness (QED) is 0.274. The average Bonchev–Trinajstić information content (AvgIpc) is 2.62. The largest absolute Gasteiger partial charge is 0.416 e. The second-order valence-corrected chi connectivity index (χ2v) is 5.97. The van der Waals surface area contributed by atoms with Crippen molar-refractivity contribution >= 4 is 34.4 Å². The highest BCUT2D eigenvalue weighted by molar-refractivity contribution is 6.30. The third-order valence-corrected chi connectivity index (χ3v) is 3.38. The van der Waals surface area contributed by atoms with Crippen LogP contribution in [0.3, 0.4) is 0 Å². The highest BCUT2D eigenvalue weighted by Gasteiger charge is 2.30. The Hall–Kier alpha value is -3.46. The van der Waals surface area contributed by atoms with Crippen LogP contribution in [-0.2, 0) is 6.18 Å². The number of non-ortho nitro benzene ring substituents is 1. The van der Waals surface area contributed by atoms with Crippen molar-refractivity contribution in [2.24, 2.45) is 0 Å². The smallest absolute Gasteiger partial charge is 0.399 e. The number of nitro groups is 1. The Balaban J connectivity index is 0.000000220. The zero-order valence-electron chi connectivity index (χ0n) is 14.9. The van der Waals surface area contributed by atoms with Crippen molar-refractivity contribution < 1.29 is 18.1 Å². The molecule has 0 saturated carbocycles. The molecule has 3 aromatic rings. The molecule has 6 N–H and O–H groups in total. The number of anilines is 3. The number of alkyl halides is 3. The van der Waals surface area contributed by atoms with E-state index in [9.17, 15) is 23.3 Å². The molecule has 6 nitrogen and oxygen atoms in total. The SMILES string of the molecule is Nc1cccc(C(F)(F)F)c1.Nc1cccc(Cl)c1.Nc1cccc([N+](=O)[O-])c1. The van der Waals surface area contributed by atoms with Gasteiger partial charge in [0.2, 0.25) is 0 Å². The summed E-state index contributed by atoms with van der Waals surface area (Å²) in [4.78, 5) is 9.63. The molecule has 0 aliphatic heterocycles. The summed E-state index contributed by atoms with van der Waals surface area (Å²) in [6, 6.07) is 17.6. The molecule has 0 radical (unpaired) electrons. The molecule has 0 unspecified atom stereocenters. The molecule has 3 aromatic carbocycles. The fraction of sp³-hybridized carbons (Fsp3) is 0.0526.